The van der Waals surface area contributed by atoms with Crippen molar-refractivity contribution in [3.8, 4) is 0 Å². The number of fused-ring (bicyclic) bond motifs is 1. The number of rotatable bonds is 33. The molecule has 3 heterocycles. The summed E-state index contributed by atoms with van der Waals surface area (Å²) >= 11 is 1.15. The van der Waals surface area contributed by atoms with Gasteiger partial charge in [-0.3, -0.25) is 32.5 Å². The van der Waals surface area contributed by atoms with E-state index in [0.717, 1.165) is 48.2 Å². The molecule has 0 aromatic carbocycles. The Morgan fingerprint density at radius 1 is 0.879 bits per heavy atom. The molecule has 1 fully saturated rings. The van der Waals surface area contributed by atoms with Gasteiger partial charge in [-0.2, -0.15) is 4.31 Å². The van der Waals surface area contributed by atoms with E-state index in [1.807, 2.05) is 0 Å². The van der Waals surface area contributed by atoms with E-state index in [4.69, 9.17) is 19.5 Å². The van der Waals surface area contributed by atoms with E-state index in [0.29, 0.717) is 12.2 Å². The third-order valence-electron chi connectivity index (χ3n) is 10.2. The predicted molar refractivity (Wildman–Crippen MR) is 244 cm³/mol. The lowest BCUT2D eigenvalue weighted by molar-refractivity contribution is -0.137. The monoisotopic (exact) mass is 1020 g/mol. The Morgan fingerprint density at radius 3 is 2.08 bits per heavy atom. The van der Waals surface area contributed by atoms with E-state index in [1.54, 1.807) is 0 Å². The molecule has 3 rings (SSSR count). The van der Waals surface area contributed by atoms with Crippen molar-refractivity contribution in [1.29, 1.82) is 0 Å². The van der Waals surface area contributed by atoms with Crippen LogP contribution in [0.15, 0.2) is 12.7 Å². The summed E-state index contributed by atoms with van der Waals surface area (Å²) < 4.78 is 62.4. The van der Waals surface area contributed by atoms with Crippen molar-refractivity contribution in [1.82, 2.24) is 30.2 Å². The van der Waals surface area contributed by atoms with Gasteiger partial charge in [0.15, 0.2) is 22.8 Å². The highest BCUT2D eigenvalue weighted by molar-refractivity contribution is 8.13. The number of nitrogen functional groups attached to an aromatic ring is 1. The molecule has 0 spiro atoms. The lowest BCUT2D eigenvalue weighted by atomic mass is 9.87. The number of unbranched alkanes of at least 4 members (excludes halogenated alkanes) is 12. The molecule has 0 saturated carbocycles. The van der Waals surface area contributed by atoms with E-state index in [2.05, 4.69) is 41.3 Å². The number of phosphoric acid groups is 3. The van der Waals surface area contributed by atoms with E-state index in [9.17, 15) is 57.9 Å². The highest BCUT2D eigenvalue weighted by Gasteiger charge is 2.50. The molecule has 2 aromatic heterocycles. The summed E-state index contributed by atoms with van der Waals surface area (Å²) in [6.45, 7) is 2.81. The average Bonchev–Trinajstić information content (AvgIpc) is 3.79. The lowest BCUT2D eigenvalue weighted by Gasteiger charge is -2.30. The SMILES string of the molecule is C.CCCCCCCCCCCCCCCC(=O)SCCNC(=O)CCNC(=O)[C@H](O)C(C)(C)COP(=O)(O)OP(=O)(O)OC[C@H]1O[C@@H](n2cnc3c(N)ncnc32)[C@H](O)[C@@H]1OP(=O)(O)O. The number of phosphoric ester groups is 3. The molecule has 380 valence electrons. The van der Waals surface area contributed by atoms with Crippen LogP contribution >= 0.6 is 35.2 Å². The van der Waals surface area contributed by atoms with Crippen LogP contribution in [0.4, 0.5) is 5.82 Å². The Hall–Kier alpha value is -2.44. The number of aliphatic hydroxyl groups is 2. The number of hydrogen-bond acceptors (Lipinski definition) is 18. The summed E-state index contributed by atoms with van der Waals surface area (Å²) in [7, 11) is -16.4. The number of anilines is 1. The molecule has 2 unspecified atom stereocenters. The summed E-state index contributed by atoms with van der Waals surface area (Å²) in [5.41, 5.74) is 4.29. The Kier molecular flexibility index (Phi) is 26.1. The molecule has 1 aliphatic heterocycles. The van der Waals surface area contributed by atoms with Gasteiger partial charge in [0.05, 0.1) is 19.5 Å². The maximum absolute atomic E-state index is 12.7. The van der Waals surface area contributed by atoms with Gasteiger partial charge in [-0.25, -0.2) is 28.6 Å². The number of nitrogens with zero attached hydrogens (tertiary/aromatic N) is 4. The number of imidazole rings is 1. The normalized spacial score (nSPS) is 20.0. The number of thioether (sulfide) groups is 1. The van der Waals surface area contributed by atoms with Gasteiger partial charge >= 0.3 is 23.5 Å². The molecule has 28 heteroatoms. The van der Waals surface area contributed by atoms with Crippen LogP contribution < -0.4 is 16.4 Å². The zero-order chi connectivity index (χ0) is 48.3. The van der Waals surface area contributed by atoms with Gasteiger partial charge in [0.1, 0.15) is 36.3 Å². The number of amides is 2. The van der Waals surface area contributed by atoms with E-state index < -0.39 is 84.6 Å². The first kappa shape index (κ1) is 59.7. The maximum Gasteiger partial charge on any atom is 0.481 e. The maximum atomic E-state index is 12.7. The molecule has 66 heavy (non-hydrogen) atoms. The fourth-order valence-corrected chi connectivity index (χ4v) is 10.2. The molecular formula is C38H70N7O17P3S. The van der Waals surface area contributed by atoms with Gasteiger partial charge in [0, 0.05) is 37.1 Å². The highest BCUT2D eigenvalue weighted by Crippen LogP contribution is 2.61. The van der Waals surface area contributed by atoms with Gasteiger partial charge < -0.3 is 50.9 Å². The van der Waals surface area contributed by atoms with Crippen LogP contribution in [-0.2, 0) is 50.7 Å². The summed E-state index contributed by atoms with van der Waals surface area (Å²) in [6.07, 6.45) is 9.53. The Morgan fingerprint density at radius 2 is 1.47 bits per heavy atom. The molecule has 0 radical (unpaired) electrons. The Labute approximate surface area is 389 Å². The molecule has 7 atom stereocenters. The van der Waals surface area contributed by atoms with Crippen LogP contribution in [0.25, 0.3) is 11.2 Å². The fourth-order valence-electron chi connectivity index (χ4n) is 6.65. The van der Waals surface area contributed by atoms with E-state index in [-0.39, 0.29) is 49.0 Å². The van der Waals surface area contributed by atoms with Gasteiger partial charge in [-0.05, 0) is 6.42 Å². The molecular weight excluding hydrogens is 951 g/mol. The molecule has 2 aromatic rings. The summed E-state index contributed by atoms with van der Waals surface area (Å²) in [5.74, 6) is -1.02. The molecule has 10 N–H and O–H groups in total. The number of hydrogen-bond donors (Lipinski definition) is 9. The van der Waals surface area contributed by atoms with Crippen LogP contribution in [0.1, 0.15) is 131 Å². The third-order valence-corrected chi connectivity index (χ3v) is 14.3. The molecule has 1 aliphatic rings. The first-order valence-electron chi connectivity index (χ1n) is 21.6. The predicted octanol–water partition coefficient (Wildman–Crippen LogP) is 4.78. The third kappa shape index (κ3) is 21.5. The van der Waals surface area contributed by atoms with Crippen molar-refractivity contribution in [2.45, 2.75) is 155 Å². The number of ether oxygens (including phenoxy) is 1. The van der Waals surface area contributed by atoms with Gasteiger partial charge in [-0.15, -0.1) is 0 Å². The summed E-state index contributed by atoms with van der Waals surface area (Å²) in [4.78, 5) is 88.3. The smallest absolute Gasteiger partial charge is 0.386 e. The minimum absolute atomic E-state index is 0. The van der Waals surface area contributed by atoms with Crippen molar-refractivity contribution in [3.63, 3.8) is 0 Å². The van der Waals surface area contributed by atoms with E-state index >= 15 is 0 Å². The van der Waals surface area contributed by atoms with Crippen molar-refractivity contribution < 1.29 is 80.5 Å². The first-order valence-corrected chi connectivity index (χ1v) is 27.1. The number of carbonyl (C=O) groups excluding carboxylic acids is 3. The van der Waals surface area contributed by atoms with Crippen molar-refractivity contribution in [2.75, 3.05) is 37.8 Å². The summed E-state index contributed by atoms with van der Waals surface area (Å²) in [6, 6.07) is 0. The zero-order valence-electron chi connectivity index (χ0n) is 37.0. The van der Waals surface area contributed by atoms with Gasteiger partial charge in [0.2, 0.25) is 11.8 Å². The van der Waals surface area contributed by atoms with Crippen molar-refractivity contribution in [3.05, 3.63) is 12.7 Å². The number of aromatic nitrogens is 4. The second-order valence-electron chi connectivity index (χ2n) is 16.3. The summed E-state index contributed by atoms with van der Waals surface area (Å²) in [5, 5.41) is 26.6. The molecule has 0 aliphatic carbocycles. The standard InChI is InChI=1S/C37H66N7O17P3S.CH4/c1-4-5-6-7-8-9-10-11-12-13-14-15-16-17-28(46)65-21-20-39-27(45)18-19-40-35(49)32(48)37(2,3)23-58-64(55,56)61-63(53,54)57-22-26-31(60-62(50,51)52)30(47)36(59-26)44-25-43-29-33(38)41-24-42-34(29)44;/h24-26,30-32,36,47-48H,4-23H2,1-3H3,(H,39,45)(H,40,49)(H,53,54)(H,55,56)(H2,38,41,42)(H2,50,51,52);1H4/t26-,30-,31-,32+,36-;/m1./s1. The highest BCUT2D eigenvalue weighted by atomic mass is 32.2. The largest absolute Gasteiger partial charge is 0.481 e. The fraction of sp³-hybridized carbons (Fsp3) is 0.789. The zero-order valence-corrected chi connectivity index (χ0v) is 40.5. The van der Waals surface area contributed by atoms with Crippen molar-refractivity contribution >= 4 is 69.1 Å². The van der Waals surface area contributed by atoms with Crippen LogP contribution in [0.5, 0.6) is 0 Å². The number of nitrogens with one attached hydrogen (secondary N) is 2. The number of carbonyl (C=O) groups is 3. The molecule has 2 amide bonds. The first-order chi connectivity index (χ1) is 30.6. The second-order valence-corrected chi connectivity index (χ2v) is 21.7. The quantitative estimate of drug-likeness (QED) is 0.0343. The van der Waals surface area contributed by atoms with Crippen LogP contribution in [0.3, 0.4) is 0 Å². The van der Waals surface area contributed by atoms with Crippen LogP contribution in [-0.4, -0.2) is 123 Å². The average molecular weight is 1020 g/mol. The van der Waals surface area contributed by atoms with E-state index in [1.165, 1.54) is 78.1 Å². The topological polar surface area (TPSA) is 364 Å². The Balaban J connectivity index is 0.0000150. The minimum atomic E-state index is -5.57. The molecule has 0 bridgehead atoms. The number of aliphatic hydroxyl groups excluding tert-OH is 2. The van der Waals surface area contributed by atoms with Crippen LogP contribution in [0, 0.1) is 5.41 Å². The molecule has 24 nitrogen and oxygen atoms in total. The number of nitrogens with two attached hydrogens (primary N) is 1. The van der Waals surface area contributed by atoms with Crippen molar-refractivity contribution in [2.24, 2.45) is 5.41 Å². The van der Waals surface area contributed by atoms with Gasteiger partial charge in [0.25, 0.3) is 0 Å². The molecule has 1 saturated heterocycles. The Bertz CT molecular complexity index is 1960. The second kappa shape index (κ2) is 28.9. The van der Waals surface area contributed by atoms with Crippen LogP contribution in [0.2, 0.25) is 0 Å². The lowest BCUT2D eigenvalue weighted by Crippen LogP contribution is -2.46. The minimum Gasteiger partial charge on any atom is -0.386 e. The van der Waals surface area contributed by atoms with Gasteiger partial charge in [-0.1, -0.05) is 117 Å².